The summed E-state index contributed by atoms with van der Waals surface area (Å²) in [7, 11) is -0.147. The van der Waals surface area contributed by atoms with Crippen LogP contribution in [-0.2, 0) is 36.3 Å². The van der Waals surface area contributed by atoms with Crippen LogP contribution in [0.4, 0.5) is 0 Å². The molecule has 0 unspecified atom stereocenters. The first-order valence-corrected chi connectivity index (χ1v) is 9.99. The normalized spacial score (nSPS) is 12.5. The lowest BCUT2D eigenvalue weighted by Gasteiger charge is -2.16. The number of rotatable bonds is 8. The fourth-order valence-corrected chi connectivity index (χ4v) is 3.25. The SMILES string of the molecule is COC(=O)[C@@H](Cc1ccccc1)NC(=O)COC(=O)c1ccccc1[S@](C)=O. The zero-order chi connectivity index (χ0) is 20.5. The Balaban J connectivity index is 1.98. The van der Waals surface area contributed by atoms with Gasteiger partial charge in [0.15, 0.2) is 6.61 Å². The van der Waals surface area contributed by atoms with Crippen molar-refractivity contribution >= 4 is 28.6 Å². The number of carbonyl (C=O) groups excluding carboxylic acids is 3. The van der Waals surface area contributed by atoms with E-state index >= 15 is 0 Å². The smallest absolute Gasteiger partial charge is 0.339 e. The van der Waals surface area contributed by atoms with Gasteiger partial charge in [-0.15, -0.1) is 0 Å². The van der Waals surface area contributed by atoms with Crippen LogP contribution in [0, 0.1) is 0 Å². The molecule has 0 spiro atoms. The monoisotopic (exact) mass is 403 g/mol. The van der Waals surface area contributed by atoms with E-state index in [4.69, 9.17) is 9.47 Å². The van der Waals surface area contributed by atoms with Gasteiger partial charge in [-0.25, -0.2) is 9.59 Å². The third kappa shape index (κ3) is 6.02. The lowest BCUT2D eigenvalue weighted by molar-refractivity contribution is -0.145. The Morgan fingerprint density at radius 1 is 1.04 bits per heavy atom. The van der Waals surface area contributed by atoms with E-state index in [-0.39, 0.29) is 12.0 Å². The summed E-state index contributed by atoms with van der Waals surface area (Å²) in [4.78, 5) is 36.7. The lowest BCUT2D eigenvalue weighted by Crippen LogP contribution is -2.44. The molecule has 0 fully saturated rings. The third-order valence-electron chi connectivity index (χ3n) is 3.85. The minimum atomic E-state index is -1.38. The molecule has 2 atom stereocenters. The van der Waals surface area contributed by atoms with Crippen LogP contribution in [0.25, 0.3) is 0 Å². The topological polar surface area (TPSA) is 98.8 Å². The molecule has 0 bridgehead atoms. The summed E-state index contributed by atoms with van der Waals surface area (Å²) in [6, 6.07) is 14.5. The second kappa shape index (κ2) is 10.4. The van der Waals surface area contributed by atoms with E-state index in [1.54, 1.807) is 18.2 Å². The van der Waals surface area contributed by atoms with Crippen molar-refractivity contribution < 1.29 is 28.1 Å². The summed E-state index contributed by atoms with van der Waals surface area (Å²) >= 11 is 0. The lowest BCUT2D eigenvalue weighted by atomic mass is 10.1. The molecule has 1 N–H and O–H groups in total. The predicted octanol–water partition coefficient (Wildman–Crippen LogP) is 1.48. The van der Waals surface area contributed by atoms with Crippen molar-refractivity contribution in [2.24, 2.45) is 0 Å². The van der Waals surface area contributed by atoms with Crippen molar-refractivity contribution in [2.75, 3.05) is 20.0 Å². The summed E-state index contributed by atoms with van der Waals surface area (Å²) in [5, 5.41) is 2.51. The molecule has 0 saturated carbocycles. The van der Waals surface area contributed by atoms with E-state index in [9.17, 15) is 18.6 Å². The van der Waals surface area contributed by atoms with Crippen molar-refractivity contribution in [1.82, 2.24) is 5.32 Å². The molecular weight excluding hydrogens is 382 g/mol. The number of nitrogens with one attached hydrogen (secondary N) is 1. The highest BCUT2D eigenvalue weighted by atomic mass is 32.2. The highest BCUT2D eigenvalue weighted by molar-refractivity contribution is 7.84. The Morgan fingerprint density at radius 3 is 2.32 bits per heavy atom. The van der Waals surface area contributed by atoms with Crippen LogP contribution in [0.2, 0.25) is 0 Å². The fourth-order valence-electron chi connectivity index (χ4n) is 2.52. The zero-order valence-corrected chi connectivity index (χ0v) is 16.4. The first kappa shape index (κ1) is 21.3. The van der Waals surface area contributed by atoms with Crippen LogP contribution in [-0.4, -0.2) is 48.1 Å². The summed E-state index contributed by atoms with van der Waals surface area (Å²) in [5.74, 6) is -2.01. The third-order valence-corrected chi connectivity index (χ3v) is 4.83. The van der Waals surface area contributed by atoms with Gasteiger partial charge >= 0.3 is 11.9 Å². The van der Waals surface area contributed by atoms with Crippen molar-refractivity contribution in [1.29, 1.82) is 0 Å². The van der Waals surface area contributed by atoms with Gasteiger partial charge < -0.3 is 14.8 Å². The van der Waals surface area contributed by atoms with Crippen LogP contribution in [0.5, 0.6) is 0 Å². The van der Waals surface area contributed by atoms with Gasteiger partial charge in [-0.2, -0.15) is 0 Å². The minimum absolute atomic E-state index is 0.130. The molecule has 2 aromatic carbocycles. The fraction of sp³-hybridized carbons (Fsp3) is 0.250. The second-order valence-corrected chi connectivity index (χ2v) is 7.21. The zero-order valence-electron chi connectivity index (χ0n) is 15.5. The Labute approximate surface area is 165 Å². The van der Waals surface area contributed by atoms with Crippen LogP contribution in [0.3, 0.4) is 0 Å². The number of carbonyl (C=O) groups is 3. The number of hydrogen-bond acceptors (Lipinski definition) is 6. The average molecular weight is 403 g/mol. The van der Waals surface area contributed by atoms with Gasteiger partial charge in [0, 0.05) is 12.7 Å². The maximum atomic E-state index is 12.2. The number of hydrogen-bond donors (Lipinski definition) is 1. The van der Waals surface area contributed by atoms with Gasteiger partial charge in [0.05, 0.1) is 28.4 Å². The van der Waals surface area contributed by atoms with Crippen molar-refractivity contribution in [3.05, 3.63) is 65.7 Å². The Kier molecular flexibility index (Phi) is 7.88. The van der Waals surface area contributed by atoms with E-state index in [0.29, 0.717) is 4.90 Å². The van der Waals surface area contributed by atoms with Gasteiger partial charge in [0.25, 0.3) is 5.91 Å². The molecule has 0 aliphatic rings. The van der Waals surface area contributed by atoms with Crippen molar-refractivity contribution in [2.45, 2.75) is 17.4 Å². The van der Waals surface area contributed by atoms with Crippen LogP contribution < -0.4 is 5.32 Å². The van der Waals surface area contributed by atoms with Gasteiger partial charge in [-0.3, -0.25) is 9.00 Å². The molecule has 0 radical (unpaired) electrons. The van der Waals surface area contributed by atoms with Gasteiger partial charge in [-0.1, -0.05) is 42.5 Å². The summed E-state index contributed by atoms with van der Waals surface area (Å²) in [6.07, 6.45) is 1.69. The molecule has 0 saturated heterocycles. The molecule has 1 amide bonds. The predicted molar refractivity (Wildman–Crippen MR) is 103 cm³/mol. The van der Waals surface area contributed by atoms with E-state index < -0.39 is 41.3 Å². The number of esters is 2. The number of methoxy groups -OCH3 is 1. The van der Waals surface area contributed by atoms with Crippen LogP contribution in [0.1, 0.15) is 15.9 Å². The van der Waals surface area contributed by atoms with Crippen LogP contribution in [0.15, 0.2) is 59.5 Å². The first-order valence-electron chi connectivity index (χ1n) is 8.43. The Bertz CT molecular complexity index is 868. The summed E-state index contributed by atoms with van der Waals surface area (Å²) < 4.78 is 21.4. The average Bonchev–Trinajstić information content (AvgIpc) is 2.71. The molecular formula is C20H21NO6S. The van der Waals surface area contributed by atoms with Gasteiger partial charge in [0.1, 0.15) is 6.04 Å². The molecule has 0 aromatic heterocycles. The van der Waals surface area contributed by atoms with E-state index in [1.165, 1.54) is 19.4 Å². The molecule has 2 aromatic rings. The van der Waals surface area contributed by atoms with Gasteiger partial charge in [0.2, 0.25) is 0 Å². The largest absolute Gasteiger partial charge is 0.467 e. The Morgan fingerprint density at radius 2 is 1.68 bits per heavy atom. The quantitative estimate of drug-likeness (QED) is 0.671. The summed E-state index contributed by atoms with van der Waals surface area (Å²) in [5.41, 5.74) is 0.972. The van der Waals surface area contributed by atoms with E-state index in [2.05, 4.69) is 5.32 Å². The standard InChI is InChI=1S/C20H21NO6S/c1-26-20(24)16(12-14-8-4-3-5-9-14)21-18(22)13-27-19(23)15-10-6-7-11-17(15)28(2)25/h3-11,16H,12-13H2,1-2H3,(H,21,22)/t16-,28+/m1/s1. The number of benzene rings is 2. The minimum Gasteiger partial charge on any atom is -0.467 e. The number of ether oxygens (including phenoxy) is 2. The van der Waals surface area contributed by atoms with Crippen molar-refractivity contribution in [3.63, 3.8) is 0 Å². The molecule has 28 heavy (non-hydrogen) atoms. The van der Waals surface area contributed by atoms with E-state index in [0.717, 1.165) is 5.56 Å². The molecule has 0 aliphatic heterocycles. The van der Waals surface area contributed by atoms with Crippen LogP contribution >= 0.6 is 0 Å². The molecule has 2 rings (SSSR count). The highest BCUT2D eigenvalue weighted by Crippen LogP contribution is 2.13. The first-order chi connectivity index (χ1) is 13.4. The molecule has 148 valence electrons. The molecule has 0 heterocycles. The summed E-state index contributed by atoms with van der Waals surface area (Å²) in [6.45, 7) is -0.578. The second-order valence-electron chi connectivity index (χ2n) is 5.86. The Hall–Kier alpha value is -3.00. The maximum Gasteiger partial charge on any atom is 0.339 e. The molecule has 0 aliphatic carbocycles. The highest BCUT2D eigenvalue weighted by Gasteiger charge is 2.23. The molecule has 8 heteroatoms. The van der Waals surface area contributed by atoms with Gasteiger partial charge in [-0.05, 0) is 17.7 Å². The maximum absolute atomic E-state index is 12.2. The van der Waals surface area contributed by atoms with E-state index in [1.807, 2.05) is 30.3 Å². The van der Waals surface area contributed by atoms with Crippen molar-refractivity contribution in [3.8, 4) is 0 Å². The molecule has 7 nitrogen and oxygen atoms in total. The number of amides is 1.